The van der Waals surface area contributed by atoms with Gasteiger partial charge < -0.3 is 53.6 Å². The van der Waals surface area contributed by atoms with Gasteiger partial charge in [-0.1, -0.05) is 6.07 Å². The summed E-state index contributed by atoms with van der Waals surface area (Å²) in [6.45, 7) is 1.36. The van der Waals surface area contributed by atoms with Crippen molar-refractivity contribution in [2.75, 3.05) is 27.9 Å². The number of hydrogen-bond acceptors (Lipinski definition) is 11. The zero-order valence-electron chi connectivity index (χ0n) is 19.8. The molecular formula is C24H30O11. The van der Waals surface area contributed by atoms with Gasteiger partial charge >= 0.3 is 0 Å². The predicted molar refractivity (Wildman–Crippen MR) is 120 cm³/mol. The van der Waals surface area contributed by atoms with Gasteiger partial charge in [0.2, 0.25) is 12.0 Å². The Morgan fingerprint density at radius 1 is 0.886 bits per heavy atom. The normalized spacial score (nSPS) is 26.8. The highest BCUT2D eigenvalue weighted by Gasteiger charge is 2.57. The monoisotopic (exact) mass is 494 g/mol. The molecule has 35 heavy (non-hydrogen) atoms. The Morgan fingerprint density at radius 2 is 1.54 bits per heavy atom. The molecule has 4 N–H and O–H groups in total. The number of rotatable bonds is 10. The molecule has 192 valence electrons. The van der Waals surface area contributed by atoms with E-state index in [9.17, 15) is 20.4 Å². The van der Waals surface area contributed by atoms with Gasteiger partial charge in [-0.25, -0.2) is 0 Å². The van der Waals surface area contributed by atoms with Crippen molar-refractivity contribution in [3.8, 4) is 28.7 Å². The third-order valence-electron chi connectivity index (χ3n) is 5.90. The molecule has 7 atom stereocenters. The zero-order chi connectivity index (χ0) is 25.3. The Kier molecular flexibility index (Phi) is 7.55. The van der Waals surface area contributed by atoms with Crippen LogP contribution in [0.4, 0.5) is 0 Å². The molecule has 0 aliphatic carbocycles. The second-order valence-electron chi connectivity index (χ2n) is 8.27. The quantitative estimate of drug-likeness (QED) is 0.345. The van der Waals surface area contributed by atoms with Crippen molar-refractivity contribution in [1.29, 1.82) is 0 Å². The average Bonchev–Trinajstić information content (AvgIpc) is 3.65. The largest absolute Gasteiger partial charge is 0.493 e. The first-order chi connectivity index (χ1) is 16.8. The molecule has 0 amide bonds. The smallest absolute Gasteiger partial charge is 0.231 e. The molecule has 2 saturated heterocycles. The SMILES string of the molecule is COc1cc(C(O)C(CO)Oc2c(OC)cc(C)cc2OC)ccc1OC1OC2OC2C(O)C1O. The van der Waals surface area contributed by atoms with Crippen molar-refractivity contribution in [3.63, 3.8) is 0 Å². The van der Waals surface area contributed by atoms with Crippen LogP contribution in [0.15, 0.2) is 30.3 Å². The number of methoxy groups -OCH3 is 3. The van der Waals surface area contributed by atoms with E-state index in [1.807, 2.05) is 6.92 Å². The highest BCUT2D eigenvalue weighted by Crippen LogP contribution is 2.41. The van der Waals surface area contributed by atoms with E-state index in [-0.39, 0.29) is 17.2 Å². The predicted octanol–water partition coefficient (Wildman–Crippen LogP) is 0.676. The molecule has 2 aliphatic heterocycles. The lowest BCUT2D eigenvalue weighted by molar-refractivity contribution is -0.207. The van der Waals surface area contributed by atoms with Crippen LogP contribution in [0.25, 0.3) is 0 Å². The summed E-state index contributed by atoms with van der Waals surface area (Å²) in [5, 5.41) is 41.2. The lowest BCUT2D eigenvalue weighted by atomic mass is 10.0. The lowest BCUT2D eigenvalue weighted by Crippen LogP contribution is -2.50. The van der Waals surface area contributed by atoms with Gasteiger partial charge in [-0.2, -0.15) is 0 Å². The van der Waals surface area contributed by atoms with E-state index >= 15 is 0 Å². The Labute approximate surface area is 202 Å². The van der Waals surface area contributed by atoms with E-state index in [1.54, 1.807) is 18.2 Å². The Hall–Kier alpha value is -2.80. The van der Waals surface area contributed by atoms with E-state index in [0.29, 0.717) is 17.1 Å². The van der Waals surface area contributed by atoms with Gasteiger partial charge in [0.1, 0.15) is 24.4 Å². The fourth-order valence-electron chi connectivity index (χ4n) is 3.91. The van der Waals surface area contributed by atoms with Crippen LogP contribution in [0.1, 0.15) is 17.2 Å². The van der Waals surface area contributed by atoms with Gasteiger partial charge in [0, 0.05) is 0 Å². The van der Waals surface area contributed by atoms with Crippen LogP contribution >= 0.6 is 0 Å². The molecule has 7 unspecified atom stereocenters. The first kappa shape index (κ1) is 25.3. The summed E-state index contributed by atoms with van der Waals surface area (Å²) < 4.78 is 38.4. The highest BCUT2D eigenvalue weighted by molar-refractivity contribution is 5.54. The summed E-state index contributed by atoms with van der Waals surface area (Å²) >= 11 is 0. The van der Waals surface area contributed by atoms with E-state index in [2.05, 4.69) is 0 Å². The highest BCUT2D eigenvalue weighted by atomic mass is 16.8. The van der Waals surface area contributed by atoms with Gasteiger partial charge in [-0.3, -0.25) is 0 Å². The van der Waals surface area contributed by atoms with Crippen molar-refractivity contribution in [2.24, 2.45) is 0 Å². The first-order valence-electron chi connectivity index (χ1n) is 11.0. The average molecular weight is 494 g/mol. The van der Waals surface area contributed by atoms with Crippen molar-refractivity contribution in [2.45, 2.75) is 50.0 Å². The molecule has 2 fully saturated rings. The minimum Gasteiger partial charge on any atom is -0.493 e. The van der Waals surface area contributed by atoms with Crippen LogP contribution in [0.3, 0.4) is 0 Å². The van der Waals surface area contributed by atoms with Crippen LogP contribution in [0.2, 0.25) is 0 Å². The molecule has 2 heterocycles. The van der Waals surface area contributed by atoms with Crippen LogP contribution in [0, 0.1) is 6.92 Å². The molecular weight excluding hydrogens is 464 g/mol. The number of aliphatic hydroxyl groups excluding tert-OH is 4. The second-order valence-corrected chi connectivity index (χ2v) is 8.27. The number of benzene rings is 2. The molecule has 0 bridgehead atoms. The Balaban J connectivity index is 1.53. The standard InChI is InChI=1S/C24H30O11/c1-11-7-15(30-3)21(16(8-11)31-4)32-17(10-25)18(26)12-5-6-13(14(9-12)29-2)33-23-20(28)19(27)22-24(34-22)35-23/h5-9,17-20,22-28H,10H2,1-4H3. The van der Waals surface area contributed by atoms with Crippen LogP contribution in [0.5, 0.6) is 28.7 Å². The maximum Gasteiger partial charge on any atom is 0.231 e. The number of aryl methyl sites for hydroxylation is 1. The molecule has 2 aliphatic rings. The minimum absolute atomic E-state index is 0.210. The Morgan fingerprint density at radius 3 is 2.14 bits per heavy atom. The van der Waals surface area contributed by atoms with Crippen molar-refractivity contribution in [3.05, 3.63) is 41.5 Å². The first-order valence-corrected chi connectivity index (χ1v) is 11.0. The van der Waals surface area contributed by atoms with E-state index in [1.165, 1.54) is 33.5 Å². The molecule has 0 aromatic heterocycles. The molecule has 11 heteroatoms. The maximum absolute atomic E-state index is 11.0. The topological polar surface area (TPSA) is 149 Å². The summed E-state index contributed by atoms with van der Waals surface area (Å²) in [6, 6.07) is 8.09. The molecule has 0 saturated carbocycles. The zero-order valence-corrected chi connectivity index (χ0v) is 19.8. The number of ether oxygens (including phenoxy) is 7. The summed E-state index contributed by atoms with van der Waals surface area (Å²) in [5.74, 6) is 1.47. The summed E-state index contributed by atoms with van der Waals surface area (Å²) in [5.41, 5.74) is 1.25. The molecule has 11 nitrogen and oxygen atoms in total. The van der Waals surface area contributed by atoms with Crippen molar-refractivity contribution < 1.29 is 53.6 Å². The second kappa shape index (κ2) is 10.4. The third kappa shape index (κ3) is 5.10. The lowest BCUT2D eigenvalue weighted by Gasteiger charge is -2.30. The van der Waals surface area contributed by atoms with Gasteiger partial charge in [0.05, 0.1) is 27.9 Å². The fraction of sp³-hybridized carbons (Fsp3) is 0.500. The molecule has 4 rings (SSSR count). The number of epoxide rings is 1. The third-order valence-corrected chi connectivity index (χ3v) is 5.90. The number of fused-ring (bicyclic) bond motifs is 1. The summed E-state index contributed by atoms with van der Waals surface area (Å²) in [7, 11) is 4.38. The van der Waals surface area contributed by atoms with Crippen LogP contribution < -0.4 is 23.7 Å². The van der Waals surface area contributed by atoms with Gasteiger partial charge in [0.25, 0.3) is 0 Å². The molecule has 2 aromatic carbocycles. The fourth-order valence-corrected chi connectivity index (χ4v) is 3.91. The van der Waals surface area contributed by atoms with Crippen LogP contribution in [-0.2, 0) is 9.47 Å². The van der Waals surface area contributed by atoms with E-state index < -0.39 is 49.7 Å². The maximum atomic E-state index is 11.0. The number of hydrogen-bond donors (Lipinski definition) is 4. The molecule has 2 aromatic rings. The van der Waals surface area contributed by atoms with Gasteiger partial charge in [-0.15, -0.1) is 0 Å². The summed E-state index contributed by atoms with van der Waals surface area (Å²) in [6.07, 6.45) is -7.16. The van der Waals surface area contributed by atoms with E-state index in [4.69, 9.17) is 33.2 Å². The molecule has 0 radical (unpaired) electrons. The van der Waals surface area contributed by atoms with Crippen molar-refractivity contribution in [1.82, 2.24) is 0 Å². The van der Waals surface area contributed by atoms with Gasteiger partial charge in [0.15, 0.2) is 35.4 Å². The summed E-state index contributed by atoms with van der Waals surface area (Å²) in [4.78, 5) is 0. The van der Waals surface area contributed by atoms with Crippen LogP contribution in [-0.4, -0.2) is 85.4 Å². The van der Waals surface area contributed by atoms with E-state index in [0.717, 1.165) is 5.56 Å². The Bertz CT molecular complexity index is 1000. The number of aliphatic hydroxyl groups is 4. The van der Waals surface area contributed by atoms with Gasteiger partial charge in [-0.05, 0) is 42.3 Å². The molecule has 0 spiro atoms. The van der Waals surface area contributed by atoms with Crippen molar-refractivity contribution >= 4 is 0 Å². The minimum atomic E-state index is -1.32.